The molecule has 0 saturated carbocycles. The first-order valence-electron chi connectivity index (χ1n) is 5.75. The molecule has 0 aliphatic carbocycles. The van der Waals surface area contributed by atoms with E-state index in [-0.39, 0.29) is 0 Å². The van der Waals surface area contributed by atoms with Crippen LogP contribution in [0.1, 0.15) is 22.5 Å². The molecule has 0 amide bonds. The van der Waals surface area contributed by atoms with Crippen molar-refractivity contribution < 1.29 is 0 Å². The van der Waals surface area contributed by atoms with Gasteiger partial charge in [0.15, 0.2) is 5.16 Å². The summed E-state index contributed by atoms with van der Waals surface area (Å²) >= 11 is 5.16. The quantitative estimate of drug-likeness (QED) is 0.616. The summed E-state index contributed by atoms with van der Waals surface area (Å²) in [6.45, 7) is 6.13. The van der Waals surface area contributed by atoms with Crippen molar-refractivity contribution in [1.29, 1.82) is 0 Å². The minimum atomic E-state index is 0.857. The van der Waals surface area contributed by atoms with E-state index in [0.29, 0.717) is 0 Å². The molecule has 0 bridgehead atoms. The summed E-state index contributed by atoms with van der Waals surface area (Å²) in [5, 5.41) is 0.857. The van der Waals surface area contributed by atoms with Crippen LogP contribution < -0.4 is 0 Å². The zero-order chi connectivity index (χ0) is 13.1. The maximum atomic E-state index is 4.51. The Morgan fingerprint density at radius 1 is 1.11 bits per heavy atom. The number of halogens is 1. The summed E-state index contributed by atoms with van der Waals surface area (Å²) in [5.41, 5.74) is 4.59. The fourth-order valence-corrected chi connectivity index (χ4v) is 2.91. The molecule has 1 heterocycles. The molecule has 1 aromatic heterocycles. The van der Waals surface area contributed by atoms with Gasteiger partial charge in [0.2, 0.25) is 0 Å². The van der Waals surface area contributed by atoms with Crippen LogP contribution >= 0.6 is 27.7 Å². The zero-order valence-electron chi connectivity index (χ0n) is 10.7. The minimum absolute atomic E-state index is 0.857. The Hall–Kier alpha value is -0.870. The van der Waals surface area contributed by atoms with Crippen molar-refractivity contribution in [1.82, 2.24) is 9.97 Å². The van der Waals surface area contributed by atoms with E-state index in [1.54, 1.807) is 11.8 Å². The molecule has 2 rings (SSSR count). The van der Waals surface area contributed by atoms with Crippen molar-refractivity contribution in [3.05, 3.63) is 51.3 Å². The highest BCUT2D eigenvalue weighted by Gasteiger charge is 2.05. The largest absolute Gasteiger partial charge is 0.228 e. The standard InChI is InChI=1S/C14H15BrN2S/c1-9-10(2)16-14(17-11(9)3)18-8-12-5-4-6-13(15)7-12/h4-7H,8H2,1-3H3. The molecule has 0 spiro atoms. The summed E-state index contributed by atoms with van der Waals surface area (Å²) in [6.07, 6.45) is 0. The second-order valence-electron chi connectivity index (χ2n) is 4.22. The predicted octanol–water partition coefficient (Wildman–Crippen LogP) is 4.46. The van der Waals surface area contributed by atoms with Gasteiger partial charge in [-0.25, -0.2) is 9.97 Å². The minimum Gasteiger partial charge on any atom is -0.228 e. The van der Waals surface area contributed by atoms with Crippen LogP contribution in [0.2, 0.25) is 0 Å². The highest BCUT2D eigenvalue weighted by molar-refractivity contribution is 9.10. The molecule has 2 aromatic rings. The molecule has 0 N–H and O–H groups in total. The van der Waals surface area contributed by atoms with Crippen molar-refractivity contribution in [3.63, 3.8) is 0 Å². The van der Waals surface area contributed by atoms with Crippen molar-refractivity contribution in [2.75, 3.05) is 0 Å². The van der Waals surface area contributed by atoms with Gasteiger partial charge in [0.25, 0.3) is 0 Å². The van der Waals surface area contributed by atoms with Crippen LogP contribution in [0, 0.1) is 20.8 Å². The van der Waals surface area contributed by atoms with Crippen LogP contribution in [-0.4, -0.2) is 9.97 Å². The van der Waals surface area contributed by atoms with Gasteiger partial charge in [-0.15, -0.1) is 0 Å². The Labute approximate surface area is 120 Å². The molecule has 0 saturated heterocycles. The topological polar surface area (TPSA) is 25.8 Å². The summed E-state index contributed by atoms with van der Waals surface area (Å²) < 4.78 is 1.11. The molecular weight excluding hydrogens is 308 g/mol. The van der Waals surface area contributed by atoms with E-state index < -0.39 is 0 Å². The SMILES string of the molecule is Cc1nc(SCc2cccc(Br)c2)nc(C)c1C. The van der Waals surface area contributed by atoms with Gasteiger partial charge in [0.05, 0.1) is 0 Å². The van der Waals surface area contributed by atoms with Gasteiger partial charge in [-0.3, -0.25) is 0 Å². The third-order valence-electron chi connectivity index (χ3n) is 2.87. The number of aryl methyl sites for hydroxylation is 2. The fraction of sp³-hybridized carbons (Fsp3) is 0.286. The zero-order valence-corrected chi connectivity index (χ0v) is 13.1. The van der Waals surface area contributed by atoms with Gasteiger partial charge < -0.3 is 0 Å². The van der Waals surface area contributed by atoms with Gasteiger partial charge in [-0.2, -0.15) is 0 Å². The van der Waals surface area contributed by atoms with Gasteiger partial charge in [-0.1, -0.05) is 39.8 Å². The van der Waals surface area contributed by atoms with Gasteiger partial charge in [0, 0.05) is 21.6 Å². The summed E-state index contributed by atoms with van der Waals surface area (Å²) in [4.78, 5) is 9.02. The summed E-state index contributed by atoms with van der Waals surface area (Å²) in [6, 6.07) is 8.32. The predicted molar refractivity (Wildman–Crippen MR) is 79.9 cm³/mol. The van der Waals surface area contributed by atoms with Crippen molar-refractivity contribution in [2.45, 2.75) is 31.7 Å². The molecule has 94 valence electrons. The lowest BCUT2D eigenvalue weighted by molar-refractivity contribution is 0.880. The number of thioether (sulfide) groups is 1. The Morgan fingerprint density at radius 3 is 2.39 bits per heavy atom. The van der Waals surface area contributed by atoms with Crippen LogP contribution in [0.3, 0.4) is 0 Å². The second-order valence-corrected chi connectivity index (χ2v) is 6.08. The molecule has 2 nitrogen and oxygen atoms in total. The molecule has 1 aromatic carbocycles. The molecule has 0 aliphatic heterocycles. The average molecular weight is 323 g/mol. The number of benzene rings is 1. The first-order chi connectivity index (χ1) is 8.56. The van der Waals surface area contributed by atoms with E-state index in [0.717, 1.165) is 26.8 Å². The summed E-state index contributed by atoms with van der Waals surface area (Å²) in [7, 11) is 0. The third kappa shape index (κ3) is 3.33. The summed E-state index contributed by atoms with van der Waals surface area (Å²) in [5.74, 6) is 0.890. The lowest BCUT2D eigenvalue weighted by Crippen LogP contribution is -1.98. The van der Waals surface area contributed by atoms with Crippen LogP contribution in [0.5, 0.6) is 0 Å². The van der Waals surface area contributed by atoms with E-state index in [4.69, 9.17) is 0 Å². The van der Waals surface area contributed by atoms with Crippen LogP contribution in [0.4, 0.5) is 0 Å². The van der Waals surface area contributed by atoms with Crippen molar-refractivity contribution >= 4 is 27.7 Å². The molecule has 0 fully saturated rings. The van der Waals surface area contributed by atoms with Gasteiger partial charge >= 0.3 is 0 Å². The monoisotopic (exact) mass is 322 g/mol. The van der Waals surface area contributed by atoms with Gasteiger partial charge in [-0.05, 0) is 44.0 Å². The molecule has 0 atom stereocenters. The van der Waals surface area contributed by atoms with Crippen LogP contribution in [0.15, 0.2) is 33.9 Å². The van der Waals surface area contributed by atoms with E-state index in [1.807, 2.05) is 26.0 Å². The molecule has 4 heteroatoms. The number of aromatic nitrogens is 2. The Balaban J connectivity index is 2.11. The van der Waals surface area contributed by atoms with E-state index >= 15 is 0 Å². The normalized spacial score (nSPS) is 10.7. The number of hydrogen-bond acceptors (Lipinski definition) is 3. The second kappa shape index (κ2) is 5.85. The van der Waals surface area contributed by atoms with Crippen molar-refractivity contribution in [3.8, 4) is 0 Å². The van der Waals surface area contributed by atoms with E-state index in [9.17, 15) is 0 Å². The molecule has 0 radical (unpaired) electrons. The third-order valence-corrected chi connectivity index (χ3v) is 4.28. The average Bonchev–Trinajstić information content (AvgIpc) is 2.33. The molecular formula is C14H15BrN2S. The number of rotatable bonds is 3. The molecule has 18 heavy (non-hydrogen) atoms. The number of nitrogens with zero attached hydrogens (tertiary/aromatic N) is 2. The van der Waals surface area contributed by atoms with Crippen LogP contribution in [-0.2, 0) is 5.75 Å². The highest BCUT2D eigenvalue weighted by atomic mass is 79.9. The van der Waals surface area contributed by atoms with Crippen molar-refractivity contribution in [2.24, 2.45) is 0 Å². The first-order valence-corrected chi connectivity index (χ1v) is 7.53. The lowest BCUT2D eigenvalue weighted by atomic mass is 10.2. The smallest absolute Gasteiger partial charge is 0.188 e. The van der Waals surface area contributed by atoms with Gasteiger partial charge in [0.1, 0.15) is 0 Å². The lowest BCUT2D eigenvalue weighted by Gasteiger charge is -2.06. The fourth-order valence-electron chi connectivity index (χ4n) is 1.58. The Morgan fingerprint density at radius 2 is 1.78 bits per heavy atom. The van der Waals surface area contributed by atoms with E-state index in [1.165, 1.54) is 11.1 Å². The highest BCUT2D eigenvalue weighted by Crippen LogP contribution is 2.22. The molecule has 0 aliphatic rings. The number of hydrogen-bond donors (Lipinski definition) is 0. The Kier molecular flexibility index (Phi) is 4.40. The first kappa shape index (κ1) is 13.6. The Bertz CT molecular complexity index is 546. The van der Waals surface area contributed by atoms with E-state index in [2.05, 4.69) is 45.0 Å². The van der Waals surface area contributed by atoms with Crippen LogP contribution in [0.25, 0.3) is 0 Å². The maximum Gasteiger partial charge on any atom is 0.188 e. The maximum absolute atomic E-state index is 4.51. The molecule has 0 unspecified atom stereocenters.